The number of hydrogen-bond acceptors (Lipinski definition) is 4. The Morgan fingerprint density at radius 2 is 2.25 bits per heavy atom. The minimum Gasteiger partial charge on any atom is -0.465 e. The highest BCUT2D eigenvalue weighted by Crippen LogP contribution is 2.04. The van der Waals surface area contributed by atoms with Crippen molar-refractivity contribution >= 4 is 17.7 Å². The maximum Gasteiger partial charge on any atom is 0.315 e. The molecule has 0 radical (unpaired) electrons. The van der Waals surface area contributed by atoms with Gasteiger partial charge in [-0.05, 0) is 32.1 Å². The lowest BCUT2D eigenvalue weighted by atomic mass is 10.3. The molecule has 0 atom stereocenters. The summed E-state index contributed by atoms with van der Waals surface area (Å²) in [6, 6.07) is 0. The summed E-state index contributed by atoms with van der Waals surface area (Å²) in [7, 11) is 0. The molecule has 0 aliphatic carbocycles. The first-order valence-electron chi connectivity index (χ1n) is 4.24. The van der Waals surface area contributed by atoms with Crippen LogP contribution in [0, 0.1) is 0 Å². The van der Waals surface area contributed by atoms with E-state index in [0.717, 1.165) is 25.1 Å². The van der Waals surface area contributed by atoms with Crippen LogP contribution in [0.25, 0.3) is 0 Å². The third-order valence-corrected chi connectivity index (χ3v) is 2.29. The Kier molecular flexibility index (Phi) is 8.71. The van der Waals surface area contributed by atoms with Gasteiger partial charge in [-0.15, -0.1) is 0 Å². The number of esters is 1. The highest BCUT2D eigenvalue weighted by molar-refractivity contribution is 7.99. The van der Waals surface area contributed by atoms with Crippen LogP contribution in [0.15, 0.2) is 0 Å². The van der Waals surface area contributed by atoms with Crippen molar-refractivity contribution in [3.05, 3.63) is 0 Å². The van der Waals surface area contributed by atoms with Crippen molar-refractivity contribution in [1.82, 2.24) is 0 Å². The van der Waals surface area contributed by atoms with Crippen LogP contribution in [0.3, 0.4) is 0 Å². The highest BCUT2D eigenvalue weighted by atomic mass is 32.2. The molecular formula is C8H17NO2S. The van der Waals surface area contributed by atoms with Gasteiger partial charge in [0.2, 0.25) is 0 Å². The molecule has 3 nitrogen and oxygen atoms in total. The van der Waals surface area contributed by atoms with Crippen LogP contribution in [0.4, 0.5) is 0 Å². The SMILES string of the molecule is CCOC(=O)CSCCCCN. The maximum absolute atomic E-state index is 10.8. The second-order valence-corrected chi connectivity index (χ2v) is 3.46. The Hall–Kier alpha value is -0.220. The number of hydrogen-bond donors (Lipinski definition) is 1. The smallest absolute Gasteiger partial charge is 0.315 e. The molecule has 0 spiro atoms. The van der Waals surface area contributed by atoms with E-state index in [2.05, 4.69) is 0 Å². The summed E-state index contributed by atoms with van der Waals surface area (Å²) >= 11 is 1.61. The molecular weight excluding hydrogens is 174 g/mol. The molecule has 72 valence electrons. The van der Waals surface area contributed by atoms with Gasteiger partial charge >= 0.3 is 5.97 Å². The maximum atomic E-state index is 10.8. The van der Waals surface area contributed by atoms with Gasteiger partial charge in [0.15, 0.2) is 0 Å². The molecule has 4 heteroatoms. The zero-order chi connectivity index (χ0) is 9.23. The summed E-state index contributed by atoms with van der Waals surface area (Å²) in [6.45, 7) is 3.03. The van der Waals surface area contributed by atoms with E-state index < -0.39 is 0 Å². The van der Waals surface area contributed by atoms with E-state index in [0.29, 0.717) is 12.4 Å². The predicted molar refractivity (Wildman–Crippen MR) is 52.2 cm³/mol. The van der Waals surface area contributed by atoms with Gasteiger partial charge in [0.25, 0.3) is 0 Å². The molecule has 0 rings (SSSR count). The van der Waals surface area contributed by atoms with Crippen molar-refractivity contribution in [3.8, 4) is 0 Å². The quantitative estimate of drug-likeness (QED) is 0.482. The van der Waals surface area contributed by atoms with Gasteiger partial charge in [-0.25, -0.2) is 0 Å². The second kappa shape index (κ2) is 8.87. The van der Waals surface area contributed by atoms with Gasteiger partial charge in [0.1, 0.15) is 0 Å². The van der Waals surface area contributed by atoms with E-state index in [-0.39, 0.29) is 5.97 Å². The molecule has 0 amide bonds. The van der Waals surface area contributed by atoms with Crippen molar-refractivity contribution in [2.24, 2.45) is 5.73 Å². The Balaban J connectivity index is 3.03. The van der Waals surface area contributed by atoms with Crippen LogP contribution in [0.5, 0.6) is 0 Å². The van der Waals surface area contributed by atoms with Gasteiger partial charge in [0, 0.05) is 0 Å². The molecule has 0 saturated carbocycles. The van der Waals surface area contributed by atoms with Gasteiger partial charge in [-0.1, -0.05) is 0 Å². The lowest BCUT2D eigenvalue weighted by Crippen LogP contribution is -2.07. The van der Waals surface area contributed by atoms with Gasteiger partial charge in [-0.3, -0.25) is 4.79 Å². The van der Waals surface area contributed by atoms with E-state index in [4.69, 9.17) is 10.5 Å². The first-order valence-corrected chi connectivity index (χ1v) is 5.40. The zero-order valence-electron chi connectivity index (χ0n) is 7.54. The molecule has 0 fully saturated rings. The fourth-order valence-corrected chi connectivity index (χ4v) is 1.51. The van der Waals surface area contributed by atoms with Crippen molar-refractivity contribution in [1.29, 1.82) is 0 Å². The van der Waals surface area contributed by atoms with Crippen LogP contribution in [-0.2, 0) is 9.53 Å². The van der Waals surface area contributed by atoms with Crippen LogP contribution >= 0.6 is 11.8 Å². The molecule has 0 aromatic heterocycles. The van der Waals surface area contributed by atoms with Crippen LogP contribution in [0.1, 0.15) is 19.8 Å². The Labute approximate surface area is 78.0 Å². The number of carbonyl (C=O) groups excluding carboxylic acids is 1. The van der Waals surface area contributed by atoms with Crippen molar-refractivity contribution in [3.63, 3.8) is 0 Å². The molecule has 0 bridgehead atoms. The minimum absolute atomic E-state index is 0.116. The predicted octanol–water partition coefficient (Wildman–Crippen LogP) is 1.02. The van der Waals surface area contributed by atoms with Crippen LogP contribution in [0.2, 0.25) is 0 Å². The van der Waals surface area contributed by atoms with Crippen molar-refractivity contribution < 1.29 is 9.53 Å². The summed E-state index contributed by atoms with van der Waals surface area (Å²) in [4.78, 5) is 10.8. The number of unbranched alkanes of at least 4 members (excludes halogenated alkanes) is 1. The summed E-state index contributed by atoms with van der Waals surface area (Å²) in [5, 5.41) is 0. The monoisotopic (exact) mass is 191 g/mol. The number of carbonyl (C=O) groups is 1. The fraction of sp³-hybridized carbons (Fsp3) is 0.875. The van der Waals surface area contributed by atoms with Crippen molar-refractivity contribution in [2.75, 3.05) is 24.7 Å². The normalized spacial score (nSPS) is 9.83. The van der Waals surface area contributed by atoms with E-state index in [1.807, 2.05) is 6.92 Å². The van der Waals surface area contributed by atoms with Crippen LogP contribution < -0.4 is 5.73 Å². The van der Waals surface area contributed by atoms with E-state index in [1.165, 1.54) is 0 Å². The molecule has 0 aliphatic rings. The molecule has 12 heavy (non-hydrogen) atoms. The van der Waals surface area contributed by atoms with Crippen LogP contribution in [-0.4, -0.2) is 30.6 Å². The molecule has 0 heterocycles. The van der Waals surface area contributed by atoms with Crippen molar-refractivity contribution in [2.45, 2.75) is 19.8 Å². The summed E-state index contributed by atoms with van der Waals surface area (Å²) < 4.78 is 4.76. The first-order chi connectivity index (χ1) is 5.81. The fourth-order valence-electron chi connectivity index (χ4n) is 0.707. The summed E-state index contributed by atoms with van der Waals surface area (Å²) in [5.74, 6) is 1.35. The largest absolute Gasteiger partial charge is 0.465 e. The number of rotatable bonds is 7. The Bertz CT molecular complexity index is 120. The number of ether oxygens (including phenoxy) is 1. The van der Waals surface area contributed by atoms with E-state index >= 15 is 0 Å². The molecule has 0 unspecified atom stereocenters. The summed E-state index contributed by atoms with van der Waals surface area (Å²) in [5.41, 5.74) is 5.32. The zero-order valence-corrected chi connectivity index (χ0v) is 8.36. The average molecular weight is 191 g/mol. The number of thioether (sulfide) groups is 1. The van der Waals surface area contributed by atoms with Gasteiger partial charge in [0.05, 0.1) is 12.4 Å². The summed E-state index contributed by atoms with van der Waals surface area (Å²) in [6.07, 6.45) is 2.12. The third-order valence-electron chi connectivity index (χ3n) is 1.27. The lowest BCUT2D eigenvalue weighted by molar-refractivity contribution is -0.139. The molecule has 0 aliphatic heterocycles. The van der Waals surface area contributed by atoms with Gasteiger partial charge < -0.3 is 10.5 Å². The van der Waals surface area contributed by atoms with Gasteiger partial charge in [-0.2, -0.15) is 11.8 Å². The molecule has 0 saturated heterocycles. The molecule has 0 aromatic rings. The standard InChI is InChI=1S/C8H17NO2S/c1-2-11-8(10)7-12-6-4-3-5-9/h2-7,9H2,1H3. The minimum atomic E-state index is -0.116. The van der Waals surface area contributed by atoms with E-state index in [1.54, 1.807) is 11.8 Å². The molecule has 0 aromatic carbocycles. The number of nitrogens with two attached hydrogens (primary N) is 1. The van der Waals surface area contributed by atoms with E-state index in [9.17, 15) is 4.79 Å². The second-order valence-electron chi connectivity index (χ2n) is 2.35. The lowest BCUT2D eigenvalue weighted by Gasteiger charge is -2.00. The Morgan fingerprint density at radius 3 is 2.83 bits per heavy atom. The topological polar surface area (TPSA) is 52.3 Å². The highest BCUT2D eigenvalue weighted by Gasteiger charge is 1.99. The Morgan fingerprint density at radius 1 is 1.50 bits per heavy atom. The average Bonchev–Trinajstić information content (AvgIpc) is 2.05. The third kappa shape index (κ3) is 7.88. The molecule has 2 N–H and O–H groups in total. The first kappa shape index (κ1) is 11.8.